The lowest BCUT2D eigenvalue weighted by atomic mass is 10.2. The van der Waals surface area contributed by atoms with Gasteiger partial charge in [0.25, 0.3) is 5.91 Å². The number of nitrogens with zero attached hydrogens (tertiary/aromatic N) is 5. The number of imidazole rings is 1. The molecule has 0 bridgehead atoms. The third-order valence-corrected chi connectivity index (χ3v) is 5.87. The van der Waals surface area contributed by atoms with E-state index in [9.17, 15) is 13.6 Å². The molecule has 1 N–H and O–H groups in total. The predicted octanol–water partition coefficient (Wildman–Crippen LogP) is 4.64. The van der Waals surface area contributed by atoms with Crippen molar-refractivity contribution >= 4 is 35.0 Å². The number of benzene rings is 2. The van der Waals surface area contributed by atoms with Crippen molar-refractivity contribution in [1.82, 2.24) is 24.5 Å². The summed E-state index contributed by atoms with van der Waals surface area (Å²) in [5.41, 5.74) is 1.18. The number of nitrogens with one attached hydrogen (secondary N) is 1. The fourth-order valence-electron chi connectivity index (χ4n) is 2.82. The van der Waals surface area contributed by atoms with Crippen LogP contribution in [0.3, 0.4) is 0 Å². The number of aryl methyl sites for hydroxylation is 1. The number of aromatic nitrogens is 5. The van der Waals surface area contributed by atoms with E-state index < -0.39 is 17.5 Å². The Labute approximate surface area is 185 Å². The minimum Gasteiger partial charge on any atom is -0.329 e. The molecule has 0 saturated carbocycles. The Kier molecular flexibility index (Phi) is 5.75. The minimum absolute atomic E-state index is 0.0395. The fraction of sp³-hybridized carbons (Fsp3) is 0.100. The lowest BCUT2D eigenvalue weighted by molar-refractivity contribution is 0.102. The zero-order valence-corrected chi connectivity index (χ0v) is 17.9. The standard InChI is InChI=1S/C20H15ClF2N6OS/c1-11-18(26-27-29(11)13-4-5-15(23)14(21)10-13)19(30)25-16-9-12(22)3-6-17(16)31-20-24-7-8-28(20)2/h3-10H,1-2H3,(H,25,30). The Morgan fingerprint density at radius 3 is 2.71 bits per heavy atom. The second-order valence-electron chi connectivity index (χ2n) is 6.55. The maximum absolute atomic E-state index is 13.9. The Hall–Kier alpha value is -3.24. The Morgan fingerprint density at radius 1 is 1.19 bits per heavy atom. The number of amides is 1. The molecule has 7 nitrogen and oxygen atoms in total. The molecule has 0 aliphatic carbocycles. The van der Waals surface area contributed by atoms with E-state index in [-0.39, 0.29) is 16.4 Å². The third-order valence-electron chi connectivity index (χ3n) is 4.43. The summed E-state index contributed by atoms with van der Waals surface area (Å²) >= 11 is 7.12. The molecule has 11 heteroatoms. The van der Waals surface area contributed by atoms with E-state index in [0.717, 1.165) is 0 Å². The van der Waals surface area contributed by atoms with Crippen molar-refractivity contribution < 1.29 is 13.6 Å². The number of halogens is 3. The van der Waals surface area contributed by atoms with Crippen molar-refractivity contribution in [3.8, 4) is 5.69 Å². The molecular formula is C20H15ClF2N6OS. The van der Waals surface area contributed by atoms with Crippen molar-refractivity contribution in [3.63, 3.8) is 0 Å². The normalized spacial score (nSPS) is 11.0. The van der Waals surface area contributed by atoms with Crippen molar-refractivity contribution in [1.29, 1.82) is 0 Å². The molecule has 2 aromatic heterocycles. The van der Waals surface area contributed by atoms with E-state index in [0.29, 0.717) is 21.4 Å². The van der Waals surface area contributed by atoms with Crippen LogP contribution in [0.4, 0.5) is 14.5 Å². The Morgan fingerprint density at radius 2 is 2.00 bits per heavy atom. The van der Waals surface area contributed by atoms with Crippen molar-refractivity contribution in [3.05, 3.63) is 76.8 Å². The zero-order chi connectivity index (χ0) is 22.1. The van der Waals surface area contributed by atoms with Crippen LogP contribution in [0.1, 0.15) is 16.2 Å². The lowest BCUT2D eigenvalue weighted by Gasteiger charge is -2.10. The molecule has 0 spiro atoms. The topological polar surface area (TPSA) is 77.6 Å². The minimum atomic E-state index is -0.566. The summed E-state index contributed by atoms with van der Waals surface area (Å²) in [5.74, 6) is -1.63. The molecule has 2 aromatic carbocycles. The van der Waals surface area contributed by atoms with Gasteiger partial charge in [0.05, 0.1) is 22.1 Å². The number of hydrogen-bond donors (Lipinski definition) is 1. The molecule has 0 radical (unpaired) electrons. The summed E-state index contributed by atoms with van der Waals surface area (Å²) in [7, 11) is 1.83. The Bertz CT molecular complexity index is 1290. The second-order valence-corrected chi connectivity index (χ2v) is 7.97. The van der Waals surface area contributed by atoms with Crippen LogP contribution >= 0.6 is 23.4 Å². The maximum Gasteiger partial charge on any atom is 0.278 e. The van der Waals surface area contributed by atoms with Gasteiger partial charge in [-0.2, -0.15) is 0 Å². The first-order chi connectivity index (χ1) is 14.8. The van der Waals surface area contributed by atoms with E-state index in [1.165, 1.54) is 46.8 Å². The molecule has 0 fully saturated rings. The van der Waals surface area contributed by atoms with Gasteiger partial charge in [0, 0.05) is 24.3 Å². The summed E-state index contributed by atoms with van der Waals surface area (Å²) in [4.78, 5) is 17.7. The molecule has 0 atom stereocenters. The average molecular weight is 461 g/mol. The van der Waals surface area contributed by atoms with Crippen LogP contribution in [-0.2, 0) is 7.05 Å². The largest absolute Gasteiger partial charge is 0.329 e. The number of anilines is 1. The van der Waals surface area contributed by atoms with Gasteiger partial charge in [-0.1, -0.05) is 16.8 Å². The second kappa shape index (κ2) is 8.48. The predicted molar refractivity (Wildman–Crippen MR) is 113 cm³/mol. The smallest absolute Gasteiger partial charge is 0.278 e. The molecular weight excluding hydrogens is 446 g/mol. The molecule has 2 heterocycles. The average Bonchev–Trinajstić information content (AvgIpc) is 3.31. The molecule has 4 aromatic rings. The van der Waals surface area contributed by atoms with E-state index >= 15 is 0 Å². The molecule has 4 rings (SSSR count). The van der Waals surface area contributed by atoms with Gasteiger partial charge in [0.1, 0.15) is 11.6 Å². The van der Waals surface area contributed by atoms with E-state index in [4.69, 9.17) is 11.6 Å². The van der Waals surface area contributed by atoms with Crippen LogP contribution in [0, 0.1) is 18.6 Å². The monoisotopic (exact) mass is 460 g/mol. The first-order valence-corrected chi connectivity index (χ1v) is 10.2. The van der Waals surface area contributed by atoms with E-state index in [1.54, 1.807) is 25.4 Å². The highest BCUT2D eigenvalue weighted by atomic mass is 35.5. The quantitative estimate of drug-likeness (QED) is 0.469. The highest BCUT2D eigenvalue weighted by molar-refractivity contribution is 7.99. The summed E-state index contributed by atoms with van der Waals surface area (Å²) in [6.07, 6.45) is 3.43. The number of hydrogen-bond acceptors (Lipinski definition) is 5. The number of carbonyl (C=O) groups excluding carboxylic acids is 1. The molecule has 158 valence electrons. The molecule has 31 heavy (non-hydrogen) atoms. The van der Waals surface area contributed by atoms with Crippen LogP contribution in [0.15, 0.2) is 58.8 Å². The highest BCUT2D eigenvalue weighted by Gasteiger charge is 2.20. The first-order valence-electron chi connectivity index (χ1n) is 8.97. The summed E-state index contributed by atoms with van der Waals surface area (Å²) < 4.78 is 30.5. The van der Waals surface area contributed by atoms with Crippen LogP contribution in [-0.4, -0.2) is 30.5 Å². The fourth-order valence-corrected chi connectivity index (χ4v) is 3.87. The number of rotatable bonds is 5. The molecule has 0 saturated heterocycles. The van der Waals surface area contributed by atoms with Gasteiger partial charge in [0.2, 0.25) is 0 Å². The maximum atomic E-state index is 13.9. The van der Waals surface area contributed by atoms with Gasteiger partial charge >= 0.3 is 0 Å². The van der Waals surface area contributed by atoms with Gasteiger partial charge in [-0.25, -0.2) is 18.4 Å². The Balaban J connectivity index is 1.62. The molecule has 0 aliphatic heterocycles. The van der Waals surface area contributed by atoms with Gasteiger partial charge < -0.3 is 9.88 Å². The summed E-state index contributed by atoms with van der Waals surface area (Å²) in [6, 6.07) is 8.15. The van der Waals surface area contributed by atoms with Crippen LogP contribution in [0.25, 0.3) is 5.69 Å². The van der Waals surface area contributed by atoms with Crippen molar-refractivity contribution in [2.24, 2.45) is 7.05 Å². The molecule has 0 aliphatic rings. The molecule has 0 unspecified atom stereocenters. The first kappa shape index (κ1) is 21.0. The van der Waals surface area contributed by atoms with Gasteiger partial charge in [-0.15, -0.1) is 5.10 Å². The van der Waals surface area contributed by atoms with Gasteiger partial charge in [-0.05, 0) is 55.1 Å². The summed E-state index contributed by atoms with van der Waals surface area (Å²) in [5, 5.41) is 11.2. The van der Waals surface area contributed by atoms with E-state index in [1.807, 2.05) is 11.6 Å². The van der Waals surface area contributed by atoms with Crippen molar-refractivity contribution in [2.75, 3.05) is 5.32 Å². The number of carbonyl (C=O) groups is 1. The summed E-state index contributed by atoms with van der Waals surface area (Å²) in [6.45, 7) is 1.64. The van der Waals surface area contributed by atoms with Gasteiger partial charge in [0.15, 0.2) is 10.9 Å². The van der Waals surface area contributed by atoms with Gasteiger partial charge in [-0.3, -0.25) is 4.79 Å². The lowest BCUT2D eigenvalue weighted by Crippen LogP contribution is -2.15. The third kappa shape index (κ3) is 4.30. The highest BCUT2D eigenvalue weighted by Crippen LogP contribution is 2.33. The molecule has 1 amide bonds. The van der Waals surface area contributed by atoms with Crippen molar-refractivity contribution in [2.45, 2.75) is 17.0 Å². The van der Waals surface area contributed by atoms with E-state index in [2.05, 4.69) is 20.6 Å². The van der Waals surface area contributed by atoms with Crippen LogP contribution in [0.2, 0.25) is 5.02 Å². The zero-order valence-electron chi connectivity index (χ0n) is 16.3. The SMILES string of the molecule is Cc1c(C(=O)Nc2cc(F)ccc2Sc2nccn2C)nnn1-c1ccc(F)c(Cl)c1. The van der Waals surface area contributed by atoms with Crippen LogP contribution in [0.5, 0.6) is 0 Å². The van der Waals surface area contributed by atoms with Crippen LogP contribution < -0.4 is 5.32 Å².